The van der Waals surface area contributed by atoms with Gasteiger partial charge in [0.05, 0.1) is 12.7 Å². The van der Waals surface area contributed by atoms with Crippen molar-refractivity contribution in [3.63, 3.8) is 0 Å². The average Bonchev–Trinajstić information content (AvgIpc) is 3.39. The van der Waals surface area contributed by atoms with Crippen LogP contribution in [-0.2, 0) is 9.16 Å². The van der Waals surface area contributed by atoms with Gasteiger partial charge in [-0.15, -0.1) is 0 Å². The molecule has 2 nitrogen and oxygen atoms in total. The third-order valence-electron chi connectivity index (χ3n) is 4.93. The van der Waals surface area contributed by atoms with Gasteiger partial charge < -0.3 is 14.7 Å². The molecule has 3 rings (SSSR count). The molecule has 0 bridgehead atoms. The van der Waals surface area contributed by atoms with E-state index in [0.29, 0.717) is 6.61 Å². The minimum Gasteiger partial charge on any atom is -0.433 e. The number of hydrogen-bond donors (Lipinski definition) is 0. The summed E-state index contributed by atoms with van der Waals surface area (Å²) in [5.41, 5.74) is 3.39. The van der Waals surface area contributed by atoms with Gasteiger partial charge in [-0.3, -0.25) is 5.92 Å². The van der Waals surface area contributed by atoms with Gasteiger partial charge in [-0.1, -0.05) is 101 Å². The molecule has 0 N–H and O–H groups in total. The van der Waals surface area contributed by atoms with Crippen LogP contribution in [0.4, 0.5) is 0 Å². The van der Waals surface area contributed by atoms with Crippen molar-refractivity contribution in [1.82, 2.24) is 0 Å². The summed E-state index contributed by atoms with van der Waals surface area (Å²) in [4.78, 5) is 0. The molecule has 0 saturated carbocycles. The minimum atomic E-state index is -2.49. The SMILES string of the molecule is CC(C)(C)[Si](OC[C@H]1O[C-]1C#C[Si](C)(C)C)(c1ccccc1)c1ccccc1.[Li+]. The van der Waals surface area contributed by atoms with Gasteiger partial charge >= 0.3 is 18.9 Å². The Balaban J connectivity index is 0.00000300. The zero-order valence-electron chi connectivity index (χ0n) is 18.9. The summed E-state index contributed by atoms with van der Waals surface area (Å²) in [5.74, 6) is 3.24. The van der Waals surface area contributed by atoms with Gasteiger partial charge in [0.15, 0.2) is 0 Å². The maximum Gasteiger partial charge on any atom is 1.00 e. The Morgan fingerprint density at radius 2 is 1.41 bits per heavy atom. The van der Waals surface area contributed by atoms with Crippen LogP contribution in [0.3, 0.4) is 0 Å². The zero-order chi connectivity index (χ0) is 20.4. The topological polar surface area (TPSA) is 21.8 Å². The van der Waals surface area contributed by atoms with Crippen molar-refractivity contribution >= 4 is 26.8 Å². The second-order valence-electron chi connectivity index (χ2n) is 9.44. The Kier molecular flexibility index (Phi) is 7.74. The Labute approximate surface area is 190 Å². The third kappa shape index (κ3) is 5.70. The molecule has 1 heterocycles. The second-order valence-corrected chi connectivity index (χ2v) is 18.5. The summed E-state index contributed by atoms with van der Waals surface area (Å²) in [6.45, 7) is 14.2. The zero-order valence-corrected chi connectivity index (χ0v) is 20.9. The van der Waals surface area contributed by atoms with E-state index in [1.807, 2.05) is 0 Å². The van der Waals surface area contributed by atoms with E-state index in [4.69, 9.17) is 9.16 Å². The monoisotopic (exact) mass is 414 g/mol. The summed E-state index contributed by atoms with van der Waals surface area (Å²) in [5, 5.41) is 2.57. The normalized spacial score (nSPS) is 16.5. The first-order valence-corrected chi connectivity index (χ1v) is 15.4. The number of rotatable bonds is 5. The molecule has 0 aromatic heterocycles. The van der Waals surface area contributed by atoms with Gasteiger partial charge in [0.2, 0.25) is 0 Å². The van der Waals surface area contributed by atoms with Gasteiger partial charge in [0, 0.05) is 8.07 Å². The van der Waals surface area contributed by atoms with E-state index in [0.717, 1.165) is 6.10 Å². The van der Waals surface area contributed by atoms with Crippen LogP contribution in [-0.4, -0.2) is 29.1 Å². The van der Waals surface area contributed by atoms with Crippen molar-refractivity contribution in [1.29, 1.82) is 0 Å². The third-order valence-corrected chi connectivity index (χ3v) is 10.8. The Bertz CT molecular complexity index is 806. The van der Waals surface area contributed by atoms with Crippen molar-refractivity contribution in [3.05, 3.63) is 66.8 Å². The fourth-order valence-corrected chi connectivity index (χ4v) is 8.61. The van der Waals surface area contributed by atoms with E-state index in [1.165, 1.54) is 10.4 Å². The first-order chi connectivity index (χ1) is 13.1. The van der Waals surface area contributed by atoms with Crippen molar-refractivity contribution in [2.75, 3.05) is 6.61 Å². The van der Waals surface area contributed by atoms with Crippen molar-refractivity contribution in [2.45, 2.75) is 51.6 Å². The van der Waals surface area contributed by atoms with E-state index in [2.05, 4.69) is 113 Å². The predicted molar refractivity (Wildman–Crippen MR) is 123 cm³/mol. The molecule has 0 unspecified atom stereocenters. The molecular formula is C24H31LiO2Si2. The Hall–Kier alpha value is -1.18. The number of hydrogen-bond acceptors (Lipinski definition) is 2. The van der Waals surface area contributed by atoms with E-state index in [1.54, 1.807) is 0 Å². The van der Waals surface area contributed by atoms with Crippen LogP contribution < -0.4 is 29.2 Å². The summed E-state index contributed by atoms with van der Waals surface area (Å²) >= 11 is 0. The molecule has 29 heavy (non-hydrogen) atoms. The molecule has 1 aliphatic heterocycles. The smallest absolute Gasteiger partial charge is 0.433 e. The van der Waals surface area contributed by atoms with E-state index >= 15 is 0 Å². The molecule has 0 aliphatic carbocycles. The van der Waals surface area contributed by atoms with Crippen LogP contribution in [0.5, 0.6) is 0 Å². The quantitative estimate of drug-likeness (QED) is 0.319. The van der Waals surface area contributed by atoms with Crippen LogP contribution in [0.25, 0.3) is 0 Å². The summed E-state index contributed by atoms with van der Waals surface area (Å²) in [6.07, 6.45) is 0.894. The van der Waals surface area contributed by atoms with Crippen molar-refractivity contribution in [3.8, 4) is 11.5 Å². The van der Waals surface area contributed by atoms with Gasteiger partial charge in [-0.05, 0) is 21.5 Å². The second kappa shape index (κ2) is 9.31. The standard InChI is InChI=1S/C24H31O2Si2.Li/c1-24(2,3)28(20-13-9-7-10-14-20,21-15-11-8-12-16-21)25-19-23-22(26-23)17-18-27(4,5)6;/h7-16,23H,19H2,1-6H3;/q-1;+1/t23-;/m1./s1. The van der Waals surface area contributed by atoms with Crippen LogP contribution >= 0.6 is 0 Å². The van der Waals surface area contributed by atoms with E-state index in [-0.39, 0.29) is 30.0 Å². The van der Waals surface area contributed by atoms with Gasteiger partial charge in [-0.2, -0.15) is 0 Å². The first kappa shape index (κ1) is 24.1. The fourth-order valence-electron chi connectivity index (χ4n) is 3.55. The molecule has 2 aromatic carbocycles. The summed E-state index contributed by atoms with van der Waals surface area (Å²) in [6, 6.07) is 21.4. The molecule has 148 valence electrons. The van der Waals surface area contributed by atoms with Crippen LogP contribution in [0.15, 0.2) is 60.7 Å². The summed E-state index contributed by atoms with van der Waals surface area (Å²) in [7, 11) is -3.89. The molecule has 0 spiro atoms. The Morgan fingerprint density at radius 3 is 1.83 bits per heavy atom. The van der Waals surface area contributed by atoms with Gasteiger partial charge in [0.25, 0.3) is 8.32 Å². The maximum absolute atomic E-state index is 6.89. The van der Waals surface area contributed by atoms with Gasteiger partial charge in [0.1, 0.15) is 0 Å². The van der Waals surface area contributed by atoms with E-state index in [9.17, 15) is 0 Å². The molecule has 2 aromatic rings. The molecule has 1 aliphatic rings. The Morgan fingerprint density at radius 1 is 0.931 bits per heavy atom. The molecule has 0 amide bonds. The van der Waals surface area contributed by atoms with Crippen LogP contribution in [0.2, 0.25) is 24.7 Å². The molecular weight excluding hydrogens is 383 g/mol. The van der Waals surface area contributed by atoms with Crippen LogP contribution in [0, 0.1) is 17.6 Å². The van der Waals surface area contributed by atoms with E-state index < -0.39 is 16.4 Å². The average molecular weight is 415 g/mol. The molecule has 1 fully saturated rings. The molecule has 0 radical (unpaired) electrons. The van der Waals surface area contributed by atoms with Crippen molar-refractivity contribution < 1.29 is 28.0 Å². The maximum atomic E-state index is 6.89. The minimum absolute atomic E-state index is 0. The fraction of sp³-hybridized carbons (Fsp3) is 0.375. The number of epoxide rings is 1. The first-order valence-electron chi connectivity index (χ1n) is 9.95. The number of benzene rings is 2. The van der Waals surface area contributed by atoms with Crippen molar-refractivity contribution in [2.24, 2.45) is 0 Å². The van der Waals surface area contributed by atoms with Gasteiger partial charge in [-0.25, -0.2) is 0 Å². The molecule has 5 heteroatoms. The predicted octanol–water partition coefficient (Wildman–Crippen LogP) is 1.38. The largest absolute Gasteiger partial charge is 1.00 e. The number of ether oxygens (including phenoxy) is 1. The molecule has 1 atom stereocenters. The molecule has 1 saturated heterocycles. The van der Waals surface area contributed by atoms with Crippen LogP contribution in [0.1, 0.15) is 20.8 Å². The summed E-state index contributed by atoms with van der Waals surface area (Å²) < 4.78 is 12.6.